The van der Waals surface area contributed by atoms with Gasteiger partial charge in [0.2, 0.25) is 0 Å². The highest BCUT2D eigenvalue weighted by atomic mass is 32.1. The molecule has 1 aliphatic carbocycles. The Labute approximate surface area is 168 Å². The molecule has 4 nitrogen and oxygen atoms in total. The van der Waals surface area contributed by atoms with Gasteiger partial charge in [-0.3, -0.25) is 4.79 Å². The molecule has 0 fully saturated rings. The predicted molar refractivity (Wildman–Crippen MR) is 110 cm³/mol. The standard InChI is InChI=1S/C23H23NO3S/c1-3-27-23(26)20-14(2)24-17-12-16(15-8-5-4-6-9-15)13-18(25)21(17)22(20)19-10-7-11-28-19/h4-11,16,22,24H,3,12-13H2,1-2H3/t16-,22-/m0/s1. The molecule has 2 aliphatic rings. The number of hydrogen-bond donors (Lipinski definition) is 1. The van der Waals surface area contributed by atoms with Gasteiger partial charge in [0.15, 0.2) is 5.78 Å². The molecule has 1 aromatic heterocycles. The molecule has 0 radical (unpaired) electrons. The minimum absolute atomic E-state index is 0.107. The van der Waals surface area contributed by atoms with E-state index in [0.29, 0.717) is 18.6 Å². The van der Waals surface area contributed by atoms with Gasteiger partial charge >= 0.3 is 5.97 Å². The summed E-state index contributed by atoms with van der Waals surface area (Å²) >= 11 is 1.57. The smallest absolute Gasteiger partial charge is 0.336 e. The first-order valence-electron chi connectivity index (χ1n) is 9.59. The van der Waals surface area contributed by atoms with Crippen molar-refractivity contribution in [2.45, 2.75) is 38.5 Å². The molecule has 144 valence electrons. The van der Waals surface area contributed by atoms with Crippen molar-refractivity contribution in [1.29, 1.82) is 0 Å². The van der Waals surface area contributed by atoms with E-state index < -0.39 is 0 Å². The van der Waals surface area contributed by atoms with Crippen LogP contribution in [0.3, 0.4) is 0 Å². The van der Waals surface area contributed by atoms with E-state index in [0.717, 1.165) is 28.3 Å². The zero-order valence-corrected chi connectivity index (χ0v) is 16.8. The van der Waals surface area contributed by atoms with E-state index in [1.165, 1.54) is 5.56 Å². The number of ether oxygens (including phenoxy) is 1. The van der Waals surface area contributed by atoms with Crippen LogP contribution >= 0.6 is 11.3 Å². The Morgan fingerprint density at radius 1 is 1.18 bits per heavy atom. The highest BCUT2D eigenvalue weighted by Crippen LogP contribution is 2.46. The van der Waals surface area contributed by atoms with E-state index in [4.69, 9.17) is 4.74 Å². The topological polar surface area (TPSA) is 55.4 Å². The van der Waals surface area contributed by atoms with Gasteiger partial charge in [0.25, 0.3) is 0 Å². The Hall–Kier alpha value is -2.66. The summed E-state index contributed by atoms with van der Waals surface area (Å²) in [5, 5.41) is 5.35. The van der Waals surface area contributed by atoms with Crippen LogP contribution in [0.15, 0.2) is 70.4 Å². The van der Waals surface area contributed by atoms with Crippen LogP contribution in [0.5, 0.6) is 0 Å². The number of nitrogens with one attached hydrogen (secondary N) is 1. The van der Waals surface area contributed by atoms with Gasteiger partial charge in [-0.05, 0) is 43.2 Å². The summed E-state index contributed by atoms with van der Waals surface area (Å²) < 4.78 is 5.32. The van der Waals surface area contributed by atoms with E-state index in [2.05, 4.69) is 17.4 Å². The van der Waals surface area contributed by atoms with Crippen LogP contribution in [-0.2, 0) is 14.3 Å². The third kappa shape index (κ3) is 3.31. The quantitative estimate of drug-likeness (QED) is 0.767. The molecule has 0 unspecified atom stereocenters. The van der Waals surface area contributed by atoms with Crippen molar-refractivity contribution in [2.75, 3.05) is 6.61 Å². The van der Waals surface area contributed by atoms with Crippen LogP contribution in [0.1, 0.15) is 49.0 Å². The fraction of sp³-hybridized carbons (Fsp3) is 0.304. The lowest BCUT2D eigenvalue weighted by molar-refractivity contribution is -0.138. The maximum absolute atomic E-state index is 13.3. The molecule has 0 amide bonds. The number of Topliss-reactive ketones (excluding diaryl/α,β-unsaturated/α-hetero) is 1. The van der Waals surface area contributed by atoms with Crippen molar-refractivity contribution in [3.05, 3.63) is 80.8 Å². The minimum Gasteiger partial charge on any atom is -0.463 e. The zero-order valence-electron chi connectivity index (χ0n) is 16.0. The zero-order chi connectivity index (χ0) is 19.7. The van der Waals surface area contributed by atoms with E-state index >= 15 is 0 Å². The average molecular weight is 394 g/mol. The summed E-state index contributed by atoms with van der Waals surface area (Å²) in [6.45, 7) is 4.00. The van der Waals surface area contributed by atoms with Gasteiger partial charge < -0.3 is 10.1 Å². The van der Waals surface area contributed by atoms with Crippen LogP contribution < -0.4 is 5.32 Å². The predicted octanol–water partition coefficient (Wildman–Crippen LogP) is 4.67. The van der Waals surface area contributed by atoms with Gasteiger partial charge in [-0.1, -0.05) is 36.4 Å². The molecule has 1 N–H and O–H groups in total. The molecule has 5 heteroatoms. The first-order chi connectivity index (χ1) is 13.6. The lowest BCUT2D eigenvalue weighted by Crippen LogP contribution is -2.35. The van der Waals surface area contributed by atoms with Crippen molar-refractivity contribution in [3.63, 3.8) is 0 Å². The number of rotatable bonds is 4. The minimum atomic E-state index is -0.351. The van der Waals surface area contributed by atoms with Gasteiger partial charge in [0, 0.05) is 28.3 Å². The lowest BCUT2D eigenvalue weighted by atomic mass is 9.73. The maximum Gasteiger partial charge on any atom is 0.336 e. The van der Waals surface area contributed by atoms with Crippen molar-refractivity contribution in [2.24, 2.45) is 0 Å². The van der Waals surface area contributed by atoms with Gasteiger partial charge in [0.1, 0.15) is 0 Å². The van der Waals surface area contributed by atoms with Crippen molar-refractivity contribution in [3.8, 4) is 0 Å². The summed E-state index contributed by atoms with van der Waals surface area (Å²) in [5.41, 5.74) is 4.17. The lowest BCUT2D eigenvalue weighted by Gasteiger charge is -2.36. The number of allylic oxidation sites excluding steroid dienone is 3. The molecule has 2 atom stereocenters. The van der Waals surface area contributed by atoms with Gasteiger partial charge in [-0.15, -0.1) is 11.3 Å². The van der Waals surface area contributed by atoms with Gasteiger partial charge in [-0.25, -0.2) is 4.79 Å². The van der Waals surface area contributed by atoms with Crippen molar-refractivity contribution >= 4 is 23.1 Å². The molecule has 1 aromatic carbocycles. The second kappa shape index (κ2) is 7.76. The number of carbonyl (C=O) groups excluding carboxylic acids is 2. The van der Waals surface area contributed by atoms with E-state index in [1.807, 2.05) is 42.6 Å². The summed E-state index contributed by atoms with van der Waals surface area (Å²) in [4.78, 5) is 27.0. The Balaban J connectivity index is 1.77. The third-order valence-electron chi connectivity index (χ3n) is 5.42. The summed E-state index contributed by atoms with van der Waals surface area (Å²) in [6, 6.07) is 14.1. The van der Waals surface area contributed by atoms with Gasteiger partial charge in [-0.2, -0.15) is 0 Å². The van der Waals surface area contributed by atoms with E-state index in [-0.39, 0.29) is 23.6 Å². The largest absolute Gasteiger partial charge is 0.463 e. The number of esters is 1. The first-order valence-corrected chi connectivity index (χ1v) is 10.5. The molecule has 0 spiro atoms. The van der Waals surface area contributed by atoms with Crippen LogP contribution in [0.25, 0.3) is 0 Å². The highest BCUT2D eigenvalue weighted by Gasteiger charge is 2.41. The number of hydrogen-bond acceptors (Lipinski definition) is 5. The first kappa shape index (κ1) is 18.7. The number of dihydropyridines is 1. The summed E-state index contributed by atoms with van der Waals surface area (Å²) in [5.74, 6) is -0.439. The Kier molecular flexibility index (Phi) is 5.18. The monoisotopic (exact) mass is 393 g/mol. The number of benzene rings is 1. The van der Waals surface area contributed by atoms with E-state index in [9.17, 15) is 9.59 Å². The summed E-state index contributed by atoms with van der Waals surface area (Å²) in [6.07, 6.45) is 1.22. The maximum atomic E-state index is 13.3. The van der Waals surface area contributed by atoms with Crippen molar-refractivity contribution < 1.29 is 14.3 Å². The molecule has 28 heavy (non-hydrogen) atoms. The SMILES string of the molecule is CCOC(=O)C1=C(C)NC2=C(C(=O)C[C@@H](c3ccccc3)C2)[C@H]1c1cccs1. The molecule has 0 saturated heterocycles. The Morgan fingerprint density at radius 2 is 1.96 bits per heavy atom. The Morgan fingerprint density at radius 3 is 2.64 bits per heavy atom. The summed E-state index contributed by atoms with van der Waals surface area (Å²) in [7, 11) is 0. The fourth-order valence-corrected chi connectivity index (χ4v) is 5.06. The van der Waals surface area contributed by atoms with Crippen LogP contribution in [0, 0.1) is 0 Å². The molecular formula is C23H23NO3S. The third-order valence-corrected chi connectivity index (χ3v) is 6.36. The molecule has 2 aromatic rings. The molecular weight excluding hydrogens is 370 g/mol. The van der Waals surface area contributed by atoms with Crippen LogP contribution in [-0.4, -0.2) is 18.4 Å². The van der Waals surface area contributed by atoms with Crippen LogP contribution in [0.2, 0.25) is 0 Å². The van der Waals surface area contributed by atoms with Crippen LogP contribution in [0.4, 0.5) is 0 Å². The number of ketones is 1. The number of thiophene rings is 1. The fourth-order valence-electron chi connectivity index (χ4n) is 4.22. The highest BCUT2D eigenvalue weighted by molar-refractivity contribution is 7.10. The average Bonchev–Trinajstić information content (AvgIpc) is 3.22. The molecule has 4 rings (SSSR count). The van der Waals surface area contributed by atoms with E-state index in [1.54, 1.807) is 18.3 Å². The second-order valence-electron chi connectivity index (χ2n) is 7.16. The number of carbonyl (C=O) groups is 2. The molecule has 2 heterocycles. The van der Waals surface area contributed by atoms with Crippen molar-refractivity contribution in [1.82, 2.24) is 5.32 Å². The normalized spacial score (nSPS) is 22.0. The van der Waals surface area contributed by atoms with Gasteiger partial charge in [0.05, 0.1) is 18.1 Å². The molecule has 0 saturated carbocycles. The Bertz CT molecular complexity index is 957. The second-order valence-corrected chi connectivity index (χ2v) is 8.14. The molecule has 0 bridgehead atoms. The molecule has 1 aliphatic heterocycles.